The quantitative estimate of drug-likeness (QED) is 0.536. The lowest BCUT2D eigenvalue weighted by atomic mass is 10.0. The summed E-state index contributed by atoms with van der Waals surface area (Å²) in [7, 11) is 0. The minimum Gasteiger partial charge on any atom is -0.455 e. The molecule has 26 heavy (non-hydrogen) atoms. The van der Waals surface area contributed by atoms with E-state index >= 15 is 0 Å². The van der Waals surface area contributed by atoms with Crippen LogP contribution in [-0.4, -0.2) is 36.5 Å². The molecule has 0 aliphatic heterocycles. The number of benzene rings is 2. The van der Waals surface area contributed by atoms with Crippen molar-refractivity contribution in [2.75, 3.05) is 19.7 Å². The molecule has 0 bridgehead atoms. The Bertz CT molecular complexity index is 751. The van der Waals surface area contributed by atoms with Gasteiger partial charge in [-0.2, -0.15) is 0 Å². The molecule has 0 radical (unpaired) electrons. The predicted octanol–water partition coefficient (Wildman–Crippen LogP) is 3.86. The molecule has 0 fully saturated rings. The second kappa shape index (κ2) is 9.56. The Morgan fingerprint density at radius 2 is 1.62 bits per heavy atom. The van der Waals surface area contributed by atoms with E-state index in [-0.39, 0.29) is 18.9 Å². The average Bonchev–Trinajstić information content (AvgIpc) is 2.65. The number of carbonyl (C=O) groups is 2. The minimum absolute atomic E-state index is 0.148. The number of hydrogen-bond acceptors (Lipinski definition) is 3. The van der Waals surface area contributed by atoms with E-state index in [0.29, 0.717) is 13.1 Å². The summed E-state index contributed by atoms with van der Waals surface area (Å²) >= 11 is 0. The summed E-state index contributed by atoms with van der Waals surface area (Å²) in [6.45, 7) is 8.36. The highest BCUT2D eigenvalue weighted by Crippen LogP contribution is 2.19. The van der Waals surface area contributed by atoms with Crippen molar-refractivity contribution in [2.24, 2.45) is 0 Å². The molecule has 1 amide bonds. The molecule has 0 heterocycles. The van der Waals surface area contributed by atoms with E-state index in [9.17, 15) is 9.59 Å². The van der Waals surface area contributed by atoms with E-state index in [1.165, 1.54) is 0 Å². The van der Waals surface area contributed by atoms with E-state index in [1.807, 2.05) is 68.4 Å². The van der Waals surface area contributed by atoms with Crippen molar-refractivity contribution in [1.82, 2.24) is 4.90 Å². The molecule has 0 unspecified atom stereocenters. The van der Waals surface area contributed by atoms with Crippen LogP contribution in [0.4, 0.5) is 0 Å². The first kappa shape index (κ1) is 19.4. The normalized spacial score (nSPS) is 10.2. The topological polar surface area (TPSA) is 46.6 Å². The number of esters is 1. The smallest absolute Gasteiger partial charge is 0.310 e. The zero-order valence-electron chi connectivity index (χ0n) is 15.4. The molecular weight excluding hydrogens is 326 g/mol. The second-order valence-corrected chi connectivity index (χ2v) is 6.27. The first-order valence-electron chi connectivity index (χ1n) is 8.71. The number of rotatable bonds is 8. The maximum Gasteiger partial charge on any atom is 0.310 e. The fourth-order valence-corrected chi connectivity index (χ4v) is 2.60. The maximum absolute atomic E-state index is 12.1. The van der Waals surface area contributed by atoms with Crippen LogP contribution in [0.15, 0.2) is 66.7 Å². The van der Waals surface area contributed by atoms with E-state index in [4.69, 9.17) is 4.74 Å². The summed E-state index contributed by atoms with van der Waals surface area (Å²) in [5.41, 5.74) is 3.97. The number of ether oxygens (including phenoxy) is 1. The molecule has 2 rings (SSSR count). The van der Waals surface area contributed by atoms with Crippen LogP contribution in [0.3, 0.4) is 0 Å². The third-order valence-electron chi connectivity index (χ3n) is 3.96. The molecule has 0 aliphatic rings. The average molecular weight is 351 g/mol. The first-order valence-corrected chi connectivity index (χ1v) is 8.71. The molecule has 2 aromatic rings. The lowest BCUT2D eigenvalue weighted by molar-refractivity contribution is -0.151. The van der Waals surface area contributed by atoms with Crippen molar-refractivity contribution in [3.05, 3.63) is 72.3 Å². The highest BCUT2D eigenvalue weighted by atomic mass is 16.5. The van der Waals surface area contributed by atoms with Gasteiger partial charge in [0.1, 0.15) is 0 Å². The van der Waals surface area contributed by atoms with Gasteiger partial charge in [-0.1, -0.05) is 66.7 Å². The lowest BCUT2D eigenvalue weighted by Gasteiger charge is -2.20. The molecule has 0 N–H and O–H groups in total. The number of nitrogens with zero attached hydrogens (tertiary/aromatic N) is 1. The third kappa shape index (κ3) is 5.88. The molecule has 0 aromatic heterocycles. The molecule has 0 aliphatic carbocycles. The second-order valence-electron chi connectivity index (χ2n) is 6.27. The van der Waals surface area contributed by atoms with Crippen LogP contribution >= 0.6 is 0 Å². The van der Waals surface area contributed by atoms with Gasteiger partial charge in [0.2, 0.25) is 0 Å². The number of likely N-dealkylation sites (N-methyl/N-ethyl adjacent to an activating group) is 1. The molecule has 4 heteroatoms. The highest BCUT2D eigenvalue weighted by molar-refractivity contribution is 5.81. The van der Waals surface area contributed by atoms with E-state index in [1.54, 1.807) is 4.90 Å². The number of carbonyl (C=O) groups excluding carboxylic acids is 2. The summed E-state index contributed by atoms with van der Waals surface area (Å²) in [4.78, 5) is 25.7. The Labute approximate surface area is 155 Å². The fraction of sp³-hybridized carbons (Fsp3) is 0.273. The van der Waals surface area contributed by atoms with Gasteiger partial charge in [-0.3, -0.25) is 9.59 Å². The SMILES string of the molecule is C=C(C)CN(CC)C(=O)COC(=O)Cc1ccc(-c2ccccc2)cc1. The van der Waals surface area contributed by atoms with Crippen LogP contribution in [0.1, 0.15) is 19.4 Å². The zero-order chi connectivity index (χ0) is 18.9. The number of hydrogen-bond donors (Lipinski definition) is 0. The van der Waals surface area contributed by atoms with Gasteiger partial charge in [0, 0.05) is 13.1 Å². The van der Waals surface area contributed by atoms with Gasteiger partial charge in [-0.25, -0.2) is 0 Å². The van der Waals surface area contributed by atoms with Gasteiger partial charge in [0.05, 0.1) is 6.42 Å². The Hall–Kier alpha value is -2.88. The van der Waals surface area contributed by atoms with E-state index in [0.717, 1.165) is 22.3 Å². The molecule has 0 spiro atoms. The molecule has 4 nitrogen and oxygen atoms in total. The van der Waals surface area contributed by atoms with Crippen molar-refractivity contribution in [1.29, 1.82) is 0 Å². The maximum atomic E-state index is 12.1. The predicted molar refractivity (Wildman–Crippen MR) is 104 cm³/mol. The monoisotopic (exact) mass is 351 g/mol. The first-order chi connectivity index (χ1) is 12.5. The van der Waals surface area contributed by atoms with E-state index in [2.05, 4.69) is 6.58 Å². The van der Waals surface area contributed by atoms with Gasteiger partial charge < -0.3 is 9.64 Å². The van der Waals surface area contributed by atoms with Crippen LogP contribution in [0.25, 0.3) is 11.1 Å². The summed E-state index contributed by atoms with van der Waals surface area (Å²) in [5.74, 6) is -0.611. The van der Waals surface area contributed by atoms with Crippen LogP contribution in [-0.2, 0) is 20.7 Å². The standard InChI is InChI=1S/C22H25NO3/c1-4-23(15-17(2)3)21(24)16-26-22(25)14-18-10-12-20(13-11-18)19-8-6-5-7-9-19/h5-13H,2,4,14-16H2,1,3H3. The summed E-state index contributed by atoms with van der Waals surface area (Å²) in [6, 6.07) is 17.8. The molecule has 2 aromatic carbocycles. The van der Waals surface area contributed by atoms with E-state index < -0.39 is 5.97 Å². The minimum atomic E-state index is -0.405. The molecule has 0 saturated heterocycles. The van der Waals surface area contributed by atoms with Crippen molar-refractivity contribution < 1.29 is 14.3 Å². The summed E-state index contributed by atoms with van der Waals surface area (Å²) in [6.07, 6.45) is 0.148. The Balaban J connectivity index is 1.86. The molecule has 0 saturated carbocycles. The van der Waals surface area contributed by atoms with Gasteiger partial charge in [0.15, 0.2) is 6.61 Å². The zero-order valence-corrected chi connectivity index (χ0v) is 15.4. The Morgan fingerprint density at radius 3 is 2.19 bits per heavy atom. The lowest BCUT2D eigenvalue weighted by Crippen LogP contribution is -2.35. The third-order valence-corrected chi connectivity index (χ3v) is 3.96. The Morgan fingerprint density at radius 1 is 1.00 bits per heavy atom. The van der Waals surface area contributed by atoms with Crippen LogP contribution in [0.5, 0.6) is 0 Å². The highest BCUT2D eigenvalue weighted by Gasteiger charge is 2.14. The summed E-state index contributed by atoms with van der Waals surface area (Å²) < 4.78 is 5.13. The van der Waals surface area contributed by atoms with Crippen molar-refractivity contribution in [2.45, 2.75) is 20.3 Å². The molecular formula is C22H25NO3. The van der Waals surface area contributed by atoms with Crippen LogP contribution < -0.4 is 0 Å². The fourth-order valence-electron chi connectivity index (χ4n) is 2.60. The largest absolute Gasteiger partial charge is 0.455 e. The number of amides is 1. The van der Waals surface area contributed by atoms with Gasteiger partial charge in [-0.15, -0.1) is 0 Å². The van der Waals surface area contributed by atoms with Crippen LogP contribution in [0.2, 0.25) is 0 Å². The van der Waals surface area contributed by atoms with Crippen LogP contribution in [0, 0.1) is 0 Å². The van der Waals surface area contributed by atoms with Gasteiger partial charge >= 0.3 is 5.97 Å². The molecule has 0 atom stereocenters. The van der Waals surface area contributed by atoms with Crippen molar-refractivity contribution in [3.63, 3.8) is 0 Å². The molecule has 136 valence electrons. The van der Waals surface area contributed by atoms with Crippen molar-refractivity contribution in [3.8, 4) is 11.1 Å². The van der Waals surface area contributed by atoms with Crippen molar-refractivity contribution >= 4 is 11.9 Å². The van der Waals surface area contributed by atoms with Gasteiger partial charge in [-0.05, 0) is 30.5 Å². The summed E-state index contributed by atoms with van der Waals surface area (Å²) in [5, 5.41) is 0. The van der Waals surface area contributed by atoms with Gasteiger partial charge in [0.25, 0.3) is 5.91 Å². The Kier molecular flexibility index (Phi) is 7.15.